The Morgan fingerprint density at radius 2 is 1.81 bits per heavy atom. The number of carbonyl (C=O) groups excluding carboxylic acids is 1. The number of amides is 2. The highest BCUT2D eigenvalue weighted by Gasteiger charge is 2.31. The molecule has 1 N–H and O–H groups in total. The van der Waals surface area contributed by atoms with Crippen LogP contribution in [-0.2, 0) is 17.6 Å². The third-order valence-electron chi connectivity index (χ3n) is 5.62. The first kappa shape index (κ1) is 25.4. The third-order valence-corrected chi connectivity index (χ3v) is 5.88. The van der Waals surface area contributed by atoms with Gasteiger partial charge in [0, 0.05) is 18.0 Å². The van der Waals surface area contributed by atoms with E-state index in [4.69, 9.17) is 21.2 Å². The summed E-state index contributed by atoms with van der Waals surface area (Å²) < 4.78 is 44.2. The molecule has 36 heavy (non-hydrogen) atoms. The Hall–Kier alpha value is -3.72. The highest BCUT2D eigenvalue weighted by Crippen LogP contribution is 2.30. The van der Waals surface area contributed by atoms with Crippen LogP contribution >= 0.6 is 11.6 Å². The van der Waals surface area contributed by atoms with Crippen LogP contribution in [0.1, 0.15) is 23.1 Å². The van der Waals surface area contributed by atoms with Crippen molar-refractivity contribution in [2.75, 3.05) is 19.0 Å². The van der Waals surface area contributed by atoms with Gasteiger partial charge in [0.2, 0.25) is 0 Å². The number of urea groups is 1. The molecule has 1 atom stereocenters. The van der Waals surface area contributed by atoms with Crippen molar-refractivity contribution < 1.29 is 27.5 Å². The fourth-order valence-electron chi connectivity index (χ4n) is 3.77. The van der Waals surface area contributed by atoms with Crippen LogP contribution in [0, 0.1) is 0 Å². The molecule has 3 aromatic rings. The van der Waals surface area contributed by atoms with Crippen molar-refractivity contribution in [3.8, 4) is 5.75 Å². The Bertz CT molecular complexity index is 1230. The minimum atomic E-state index is -4.44. The van der Waals surface area contributed by atoms with Crippen molar-refractivity contribution in [2.24, 2.45) is 5.16 Å². The SMILES string of the molecule is COc1ccccc1NC(=O)N(Cc1ccc(C(F)(F)F)cc1)C[C@H]1CC(c2ccc(Cl)cc2)=NO1. The highest BCUT2D eigenvalue weighted by molar-refractivity contribution is 6.30. The monoisotopic (exact) mass is 517 g/mol. The zero-order valence-electron chi connectivity index (χ0n) is 19.3. The molecular weight excluding hydrogens is 495 g/mol. The molecule has 0 saturated heterocycles. The summed E-state index contributed by atoms with van der Waals surface area (Å²) in [6.45, 7) is 0.220. The Morgan fingerprint density at radius 1 is 1.11 bits per heavy atom. The van der Waals surface area contributed by atoms with Crippen molar-refractivity contribution in [1.29, 1.82) is 0 Å². The predicted molar refractivity (Wildman–Crippen MR) is 131 cm³/mol. The Kier molecular flexibility index (Phi) is 7.69. The minimum Gasteiger partial charge on any atom is -0.495 e. The summed E-state index contributed by atoms with van der Waals surface area (Å²) in [4.78, 5) is 20.3. The summed E-state index contributed by atoms with van der Waals surface area (Å²) in [6, 6.07) is 18.4. The first-order valence-electron chi connectivity index (χ1n) is 11.1. The molecule has 1 aliphatic heterocycles. The summed E-state index contributed by atoms with van der Waals surface area (Å²) >= 11 is 5.96. The summed E-state index contributed by atoms with van der Waals surface area (Å²) in [5, 5.41) is 7.57. The maximum atomic E-state index is 13.3. The Labute approximate surface area is 211 Å². The number of ether oxygens (including phenoxy) is 1. The van der Waals surface area contributed by atoms with Crippen LogP contribution < -0.4 is 10.1 Å². The van der Waals surface area contributed by atoms with Gasteiger partial charge < -0.3 is 19.8 Å². The number of para-hydroxylation sites is 2. The fraction of sp³-hybridized carbons (Fsp3) is 0.231. The second-order valence-corrected chi connectivity index (χ2v) is 8.62. The van der Waals surface area contributed by atoms with Gasteiger partial charge in [0.25, 0.3) is 0 Å². The molecule has 0 saturated carbocycles. The van der Waals surface area contributed by atoms with Gasteiger partial charge in [-0.25, -0.2) is 4.79 Å². The smallest absolute Gasteiger partial charge is 0.416 e. The van der Waals surface area contributed by atoms with Gasteiger partial charge in [-0.15, -0.1) is 0 Å². The number of rotatable bonds is 7. The number of methoxy groups -OCH3 is 1. The maximum Gasteiger partial charge on any atom is 0.416 e. The number of anilines is 1. The van der Waals surface area contributed by atoms with E-state index in [1.165, 1.54) is 24.1 Å². The molecule has 188 valence electrons. The van der Waals surface area contributed by atoms with Crippen molar-refractivity contribution in [3.63, 3.8) is 0 Å². The molecule has 0 unspecified atom stereocenters. The standard InChI is InChI=1S/C26H23ClF3N3O3/c1-35-24-5-3-2-4-22(24)31-25(34)33(15-17-6-10-19(11-7-17)26(28,29)30)16-21-14-23(32-36-21)18-8-12-20(27)13-9-18/h2-13,21H,14-16H2,1H3,(H,31,34)/t21-/m1/s1. The lowest BCUT2D eigenvalue weighted by molar-refractivity contribution is -0.137. The van der Waals surface area contributed by atoms with E-state index in [-0.39, 0.29) is 13.1 Å². The predicted octanol–water partition coefficient (Wildman–Crippen LogP) is 6.59. The lowest BCUT2D eigenvalue weighted by Gasteiger charge is -2.26. The molecular formula is C26H23ClF3N3O3. The van der Waals surface area contributed by atoms with E-state index in [2.05, 4.69) is 10.5 Å². The number of nitrogens with zero attached hydrogens (tertiary/aromatic N) is 2. The van der Waals surface area contributed by atoms with E-state index in [0.717, 1.165) is 23.4 Å². The molecule has 1 aliphatic rings. The first-order chi connectivity index (χ1) is 17.2. The normalized spacial score (nSPS) is 15.1. The van der Waals surface area contributed by atoms with Gasteiger partial charge >= 0.3 is 12.2 Å². The Morgan fingerprint density at radius 3 is 2.47 bits per heavy atom. The second kappa shape index (κ2) is 10.9. The minimum absolute atomic E-state index is 0.0647. The molecule has 0 spiro atoms. The molecule has 0 aromatic heterocycles. The number of nitrogens with one attached hydrogen (secondary N) is 1. The molecule has 0 bridgehead atoms. The van der Waals surface area contributed by atoms with E-state index in [9.17, 15) is 18.0 Å². The van der Waals surface area contributed by atoms with Gasteiger partial charge in [-0.3, -0.25) is 0 Å². The number of halogens is 4. The highest BCUT2D eigenvalue weighted by atomic mass is 35.5. The van der Waals surface area contributed by atoms with Crippen molar-refractivity contribution in [1.82, 2.24) is 4.90 Å². The van der Waals surface area contributed by atoms with E-state index in [0.29, 0.717) is 28.4 Å². The van der Waals surface area contributed by atoms with Gasteiger partial charge in [0.05, 0.1) is 30.6 Å². The number of carbonyl (C=O) groups is 1. The van der Waals surface area contributed by atoms with Crippen LogP contribution in [-0.4, -0.2) is 36.4 Å². The fourth-order valence-corrected chi connectivity index (χ4v) is 3.89. The average Bonchev–Trinajstić information content (AvgIpc) is 3.32. The summed E-state index contributed by atoms with van der Waals surface area (Å²) in [5.41, 5.74) is 1.82. The van der Waals surface area contributed by atoms with Crippen LogP contribution in [0.15, 0.2) is 78.0 Å². The quantitative estimate of drug-likeness (QED) is 0.384. The number of benzene rings is 3. The lowest BCUT2D eigenvalue weighted by Crippen LogP contribution is -2.40. The lowest BCUT2D eigenvalue weighted by atomic mass is 10.0. The second-order valence-electron chi connectivity index (χ2n) is 8.18. The topological polar surface area (TPSA) is 63.2 Å². The molecule has 4 rings (SSSR count). The van der Waals surface area contributed by atoms with E-state index in [1.54, 1.807) is 36.4 Å². The largest absolute Gasteiger partial charge is 0.495 e. The van der Waals surface area contributed by atoms with Crippen LogP contribution in [0.3, 0.4) is 0 Å². The van der Waals surface area contributed by atoms with E-state index in [1.807, 2.05) is 12.1 Å². The molecule has 10 heteroatoms. The van der Waals surface area contributed by atoms with Gasteiger partial charge in [-0.05, 0) is 47.5 Å². The van der Waals surface area contributed by atoms with Crippen LogP contribution in [0.5, 0.6) is 5.75 Å². The number of hydrogen-bond donors (Lipinski definition) is 1. The third kappa shape index (κ3) is 6.28. The zero-order valence-corrected chi connectivity index (χ0v) is 20.0. The summed E-state index contributed by atoms with van der Waals surface area (Å²) in [6.07, 6.45) is -4.42. The van der Waals surface area contributed by atoms with Crippen LogP contribution in [0.25, 0.3) is 0 Å². The van der Waals surface area contributed by atoms with Crippen molar-refractivity contribution >= 4 is 29.0 Å². The summed E-state index contributed by atoms with van der Waals surface area (Å²) in [5.74, 6) is 0.478. The Balaban J connectivity index is 1.50. The van der Waals surface area contributed by atoms with E-state index < -0.39 is 23.9 Å². The van der Waals surface area contributed by atoms with Gasteiger partial charge in [-0.2, -0.15) is 13.2 Å². The molecule has 1 heterocycles. The van der Waals surface area contributed by atoms with Gasteiger partial charge in [0.15, 0.2) is 6.10 Å². The molecule has 0 radical (unpaired) electrons. The average molecular weight is 518 g/mol. The van der Waals surface area contributed by atoms with Crippen molar-refractivity contribution in [3.05, 3.63) is 94.5 Å². The molecule has 2 amide bonds. The van der Waals surface area contributed by atoms with Crippen LogP contribution in [0.4, 0.5) is 23.7 Å². The number of hydrogen-bond acceptors (Lipinski definition) is 4. The van der Waals surface area contributed by atoms with Crippen LogP contribution in [0.2, 0.25) is 5.02 Å². The maximum absolute atomic E-state index is 13.3. The van der Waals surface area contributed by atoms with Gasteiger partial charge in [0.1, 0.15) is 5.75 Å². The van der Waals surface area contributed by atoms with E-state index >= 15 is 0 Å². The molecule has 6 nitrogen and oxygen atoms in total. The first-order valence-corrected chi connectivity index (χ1v) is 11.4. The molecule has 3 aromatic carbocycles. The van der Waals surface area contributed by atoms with Crippen molar-refractivity contribution in [2.45, 2.75) is 25.2 Å². The van der Waals surface area contributed by atoms with Gasteiger partial charge in [-0.1, -0.05) is 53.2 Å². The summed E-state index contributed by atoms with van der Waals surface area (Å²) in [7, 11) is 1.49. The number of alkyl halides is 3. The zero-order chi connectivity index (χ0) is 25.7. The molecule has 0 fully saturated rings. The number of oxime groups is 1. The molecule has 0 aliphatic carbocycles.